The number of rotatable bonds is 3. The van der Waals surface area contributed by atoms with Crippen LogP contribution in [0.4, 0.5) is 0 Å². The van der Waals surface area contributed by atoms with E-state index in [4.69, 9.17) is 17.3 Å². The van der Waals surface area contributed by atoms with Crippen molar-refractivity contribution in [3.8, 4) is 0 Å². The average molecular weight is 295 g/mol. The number of benzene rings is 1. The Morgan fingerprint density at radius 1 is 1.40 bits per heavy atom. The van der Waals surface area contributed by atoms with Crippen molar-refractivity contribution in [2.45, 2.75) is 31.2 Å². The molecule has 1 amide bonds. The SMILES string of the molecule is CN(C(=O)CN)C1(c2ccccc2Cl)CCCCC1=O. The molecule has 2 rings (SSSR count). The van der Waals surface area contributed by atoms with Gasteiger partial charge in [-0.15, -0.1) is 0 Å². The third-order valence-corrected chi connectivity index (χ3v) is 4.42. The molecule has 0 spiro atoms. The summed E-state index contributed by atoms with van der Waals surface area (Å²) < 4.78 is 0. The molecule has 0 bridgehead atoms. The fraction of sp³-hybridized carbons (Fsp3) is 0.467. The summed E-state index contributed by atoms with van der Waals surface area (Å²) in [5.41, 5.74) is 5.20. The van der Waals surface area contributed by atoms with Gasteiger partial charge in [0.15, 0.2) is 5.78 Å². The van der Waals surface area contributed by atoms with E-state index in [9.17, 15) is 9.59 Å². The second-order valence-corrected chi connectivity index (χ2v) is 5.53. The van der Waals surface area contributed by atoms with Gasteiger partial charge in [-0.1, -0.05) is 29.8 Å². The predicted octanol–water partition coefficient (Wildman–Crippen LogP) is 2.10. The minimum absolute atomic E-state index is 0.0427. The zero-order valence-corrected chi connectivity index (χ0v) is 12.3. The van der Waals surface area contributed by atoms with Crippen LogP contribution in [0.15, 0.2) is 24.3 Å². The number of likely N-dealkylation sites (N-methyl/N-ethyl adjacent to an activating group) is 1. The van der Waals surface area contributed by atoms with Crippen LogP contribution < -0.4 is 5.73 Å². The van der Waals surface area contributed by atoms with Crippen LogP contribution >= 0.6 is 11.6 Å². The maximum atomic E-state index is 12.6. The van der Waals surface area contributed by atoms with Crippen molar-refractivity contribution in [3.63, 3.8) is 0 Å². The highest BCUT2D eigenvalue weighted by Crippen LogP contribution is 2.42. The van der Waals surface area contributed by atoms with E-state index in [-0.39, 0.29) is 18.2 Å². The zero-order chi connectivity index (χ0) is 14.8. The van der Waals surface area contributed by atoms with Gasteiger partial charge in [0.2, 0.25) is 5.91 Å². The molecule has 1 fully saturated rings. The molecule has 1 aromatic carbocycles. The number of Topliss-reactive ketones (excluding diaryl/α,β-unsaturated/α-hetero) is 1. The molecule has 0 saturated heterocycles. The Hall–Kier alpha value is -1.39. The van der Waals surface area contributed by atoms with E-state index in [1.54, 1.807) is 13.1 Å². The van der Waals surface area contributed by atoms with E-state index in [0.717, 1.165) is 12.8 Å². The lowest BCUT2D eigenvalue weighted by atomic mass is 9.74. The molecule has 20 heavy (non-hydrogen) atoms. The van der Waals surface area contributed by atoms with E-state index in [1.165, 1.54) is 4.90 Å². The van der Waals surface area contributed by atoms with Crippen LogP contribution in [0, 0.1) is 0 Å². The second-order valence-electron chi connectivity index (χ2n) is 5.13. The normalized spacial score (nSPS) is 22.6. The number of hydrogen-bond acceptors (Lipinski definition) is 3. The number of carbonyl (C=O) groups excluding carboxylic acids is 2. The van der Waals surface area contributed by atoms with Crippen molar-refractivity contribution in [1.82, 2.24) is 4.90 Å². The summed E-state index contributed by atoms with van der Waals surface area (Å²) in [7, 11) is 1.64. The molecule has 2 N–H and O–H groups in total. The molecule has 1 unspecified atom stereocenters. The second kappa shape index (κ2) is 5.94. The van der Waals surface area contributed by atoms with Crippen LogP contribution in [-0.2, 0) is 15.1 Å². The number of nitrogens with zero attached hydrogens (tertiary/aromatic N) is 1. The van der Waals surface area contributed by atoms with Gasteiger partial charge in [0.1, 0.15) is 5.54 Å². The summed E-state index contributed by atoms with van der Waals surface area (Å²) in [6.45, 7) is -0.115. The van der Waals surface area contributed by atoms with E-state index < -0.39 is 5.54 Å². The Labute approximate surface area is 123 Å². The molecule has 5 heteroatoms. The molecule has 1 saturated carbocycles. The maximum absolute atomic E-state index is 12.6. The minimum atomic E-state index is -0.965. The Bertz CT molecular complexity index is 532. The smallest absolute Gasteiger partial charge is 0.237 e. The van der Waals surface area contributed by atoms with Crippen molar-refractivity contribution in [3.05, 3.63) is 34.9 Å². The first-order chi connectivity index (χ1) is 9.54. The Morgan fingerprint density at radius 2 is 2.10 bits per heavy atom. The van der Waals surface area contributed by atoms with Crippen molar-refractivity contribution in [2.24, 2.45) is 5.73 Å². The summed E-state index contributed by atoms with van der Waals surface area (Å²) in [5.74, 6) is -0.207. The van der Waals surface area contributed by atoms with Crippen molar-refractivity contribution in [2.75, 3.05) is 13.6 Å². The lowest BCUT2D eigenvalue weighted by Crippen LogP contribution is -2.55. The van der Waals surface area contributed by atoms with Gasteiger partial charge in [-0.25, -0.2) is 0 Å². The Morgan fingerprint density at radius 3 is 2.70 bits per heavy atom. The third-order valence-electron chi connectivity index (χ3n) is 4.09. The topological polar surface area (TPSA) is 63.4 Å². The van der Waals surface area contributed by atoms with Gasteiger partial charge >= 0.3 is 0 Å². The monoisotopic (exact) mass is 294 g/mol. The molecule has 1 aromatic rings. The van der Waals surface area contributed by atoms with Gasteiger partial charge in [-0.2, -0.15) is 0 Å². The lowest BCUT2D eigenvalue weighted by Gasteiger charge is -2.43. The van der Waals surface area contributed by atoms with E-state index in [2.05, 4.69) is 0 Å². The van der Waals surface area contributed by atoms with Crippen molar-refractivity contribution < 1.29 is 9.59 Å². The molecule has 0 aliphatic heterocycles. The predicted molar refractivity (Wildman–Crippen MR) is 78.4 cm³/mol. The number of ketones is 1. The van der Waals surface area contributed by atoms with Crippen LogP contribution in [0.1, 0.15) is 31.2 Å². The number of carbonyl (C=O) groups is 2. The zero-order valence-electron chi connectivity index (χ0n) is 11.6. The largest absolute Gasteiger partial charge is 0.328 e. The first kappa shape index (κ1) is 15.0. The van der Waals surface area contributed by atoms with Gasteiger partial charge in [0, 0.05) is 24.1 Å². The van der Waals surface area contributed by atoms with Gasteiger partial charge < -0.3 is 10.6 Å². The Balaban J connectivity index is 2.58. The van der Waals surface area contributed by atoms with Gasteiger partial charge in [0.25, 0.3) is 0 Å². The van der Waals surface area contributed by atoms with Crippen LogP contribution in [0.25, 0.3) is 0 Å². The van der Waals surface area contributed by atoms with Gasteiger partial charge in [-0.05, 0) is 25.3 Å². The average Bonchev–Trinajstić information content (AvgIpc) is 2.47. The number of nitrogens with two attached hydrogens (primary N) is 1. The van der Waals surface area contributed by atoms with Crippen LogP contribution in [-0.4, -0.2) is 30.2 Å². The summed E-state index contributed by atoms with van der Waals surface area (Å²) >= 11 is 6.28. The number of amides is 1. The van der Waals surface area contributed by atoms with Crippen molar-refractivity contribution in [1.29, 1.82) is 0 Å². The molecule has 1 aliphatic carbocycles. The molecular weight excluding hydrogens is 276 g/mol. The highest BCUT2D eigenvalue weighted by molar-refractivity contribution is 6.31. The quantitative estimate of drug-likeness (QED) is 0.928. The van der Waals surface area contributed by atoms with Crippen LogP contribution in [0.3, 0.4) is 0 Å². The third kappa shape index (κ3) is 2.34. The van der Waals surface area contributed by atoms with E-state index >= 15 is 0 Å². The first-order valence-electron chi connectivity index (χ1n) is 6.79. The number of halogens is 1. The lowest BCUT2D eigenvalue weighted by molar-refractivity contribution is -0.147. The highest BCUT2D eigenvalue weighted by Gasteiger charge is 2.47. The molecule has 0 heterocycles. The molecule has 108 valence electrons. The van der Waals surface area contributed by atoms with E-state index in [0.29, 0.717) is 23.4 Å². The van der Waals surface area contributed by atoms with Crippen molar-refractivity contribution >= 4 is 23.3 Å². The highest BCUT2D eigenvalue weighted by atomic mass is 35.5. The fourth-order valence-corrected chi connectivity index (χ4v) is 3.27. The maximum Gasteiger partial charge on any atom is 0.237 e. The summed E-state index contributed by atoms with van der Waals surface area (Å²) in [5, 5.41) is 0.513. The molecule has 4 nitrogen and oxygen atoms in total. The molecule has 0 aromatic heterocycles. The van der Waals surface area contributed by atoms with Gasteiger partial charge in [0.05, 0.1) is 6.54 Å². The molecule has 0 radical (unpaired) electrons. The first-order valence-corrected chi connectivity index (χ1v) is 7.17. The van der Waals surface area contributed by atoms with E-state index in [1.807, 2.05) is 18.2 Å². The summed E-state index contributed by atoms with van der Waals surface area (Å²) in [4.78, 5) is 26.2. The Kier molecular flexibility index (Phi) is 4.45. The van der Waals surface area contributed by atoms with Gasteiger partial charge in [-0.3, -0.25) is 9.59 Å². The van der Waals surface area contributed by atoms with Crippen LogP contribution in [0.5, 0.6) is 0 Å². The standard InChI is InChI=1S/C15H19ClN2O2/c1-18(14(20)10-17)15(9-5-4-8-13(15)19)11-6-2-3-7-12(11)16/h2-3,6-7H,4-5,8-10,17H2,1H3. The molecule has 1 aliphatic rings. The minimum Gasteiger partial charge on any atom is -0.328 e. The van der Waals surface area contributed by atoms with Crippen LogP contribution in [0.2, 0.25) is 5.02 Å². The fourth-order valence-electron chi connectivity index (χ4n) is 2.98. The molecular formula is C15H19ClN2O2. The summed E-state index contributed by atoms with van der Waals surface area (Å²) in [6, 6.07) is 7.23. The molecule has 1 atom stereocenters. The summed E-state index contributed by atoms with van der Waals surface area (Å²) in [6.07, 6.45) is 2.81. The number of hydrogen-bond donors (Lipinski definition) is 1.